The van der Waals surface area contributed by atoms with Crippen LogP contribution in [-0.2, 0) is 9.53 Å². The summed E-state index contributed by atoms with van der Waals surface area (Å²) in [6.07, 6.45) is -1.36. The number of nitrogens with zero attached hydrogens (tertiary/aromatic N) is 1. The van der Waals surface area contributed by atoms with Gasteiger partial charge in [-0.05, 0) is 47.4 Å². The first-order valence-corrected chi connectivity index (χ1v) is 5.45. The Labute approximate surface area is 97.9 Å². The number of aliphatic hydroxyl groups excluding tert-OH is 1. The van der Waals surface area contributed by atoms with Gasteiger partial charge in [0.2, 0.25) is 0 Å². The topological polar surface area (TPSA) is 49.8 Å². The fourth-order valence-corrected chi connectivity index (χ4v) is 1.31. The van der Waals surface area contributed by atoms with E-state index in [0.717, 1.165) is 12.1 Å². The highest BCUT2D eigenvalue weighted by molar-refractivity contribution is 5.78. The van der Waals surface area contributed by atoms with Gasteiger partial charge in [0.05, 0.1) is 6.10 Å². The number of aliphatic hydroxyl groups is 1. The quantitative estimate of drug-likeness (QED) is 0.568. The van der Waals surface area contributed by atoms with Crippen LogP contribution >= 0.6 is 0 Å². The summed E-state index contributed by atoms with van der Waals surface area (Å²) in [6, 6.07) is 0. The van der Waals surface area contributed by atoms with Crippen LogP contribution < -0.4 is 0 Å². The maximum Gasteiger partial charge on any atom is 0.339 e. The molecule has 0 aromatic heterocycles. The largest absolute Gasteiger partial charge is 0.461 e. The average molecular weight is 229 g/mol. The predicted octanol–water partition coefficient (Wildman–Crippen LogP) is 1.20. The lowest BCUT2D eigenvalue weighted by Gasteiger charge is -2.17. The Balaban J connectivity index is 4.58. The molecule has 0 saturated heterocycles. The molecule has 4 nitrogen and oxygen atoms in total. The number of likely N-dealkylation sites (N-methyl/N-ethyl adjacent to an activating group) is 1. The maximum atomic E-state index is 11.5. The molecule has 0 radical (unpaired) electrons. The zero-order valence-corrected chi connectivity index (χ0v) is 11.1. The minimum Gasteiger partial charge on any atom is -0.461 e. The van der Waals surface area contributed by atoms with Gasteiger partial charge in [-0.3, -0.25) is 0 Å². The number of carbonyl (C=O) groups is 1. The molecule has 0 aliphatic heterocycles. The molecule has 0 saturated carbocycles. The van der Waals surface area contributed by atoms with Crippen LogP contribution in [0.3, 0.4) is 0 Å². The van der Waals surface area contributed by atoms with Gasteiger partial charge < -0.3 is 14.7 Å². The van der Waals surface area contributed by atoms with E-state index in [2.05, 4.69) is 0 Å². The van der Waals surface area contributed by atoms with Crippen molar-refractivity contribution in [2.75, 3.05) is 20.6 Å². The lowest BCUT2D eigenvalue weighted by molar-refractivity contribution is -0.155. The van der Waals surface area contributed by atoms with Gasteiger partial charge in [-0.15, -0.1) is 0 Å². The van der Waals surface area contributed by atoms with Gasteiger partial charge in [-0.25, -0.2) is 4.79 Å². The van der Waals surface area contributed by atoms with Crippen molar-refractivity contribution in [3.05, 3.63) is 11.1 Å². The lowest BCUT2D eigenvalue weighted by atomic mass is 10.1. The molecule has 4 heteroatoms. The Morgan fingerprint density at radius 2 is 1.81 bits per heavy atom. The van der Waals surface area contributed by atoms with Crippen molar-refractivity contribution < 1.29 is 14.6 Å². The molecule has 0 fully saturated rings. The summed E-state index contributed by atoms with van der Waals surface area (Å²) in [7, 11) is 3.88. The monoisotopic (exact) mass is 229 g/mol. The van der Waals surface area contributed by atoms with Crippen molar-refractivity contribution in [3.63, 3.8) is 0 Å². The summed E-state index contributed by atoms with van der Waals surface area (Å²) in [5, 5.41) is 9.77. The van der Waals surface area contributed by atoms with E-state index in [-0.39, 0.29) is 6.10 Å². The zero-order valence-electron chi connectivity index (χ0n) is 11.1. The molecule has 94 valence electrons. The van der Waals surface area contributed by atoms with Gasteiger partial charge in [0.1, 0.15) is 0 Å². The van der Waals surface area contributed by atoms with Gasteiger partial charge in [-0.2, -0.15) is 0 Å². The van der Waals surface area contributed by atoms with E-state index in [0.29, 0.717) is 5.57 Å². The van der Waals surface area contributed by atoms with Crippen molar-refractivity contribution in [1.29, 1.82) is 0 Å². The van der Waals surface area contributed by atoms with Crippen LogP contribution in [0.5, 0.6) is 0 Å². The summed E-state index contributed by atoms with van der Waals surface area (Å²) in [5.74, 6) is -0.578. The minimum absolute atomic E-state index is 0.205. The molecular formula is C12H23NO3. The Hall–Kier alpha value is -0.870. The second kappa shape index (κ2) is 6.66. The first-order chi connectivity index (χ1) is 7.25. The molecule has 0 amide bonds. The second-order valence-electron chi connectivity index (χ2n) is 4.59. The van der Waals surface area contributed by atoms with Crippen LogP contribution in [0, 0.1) is 0 Å². The van der Waals surface area contributed by atoms with Crippen molar-refractivity contribution in [2.24, 2.45) is 0 Å². The highest BCUT2D eigenvalue weighted by Gasteiger charge is 2.21. The molecular weight excluding hydrogens is 206 g/mol. The van der Waals surface area contributed by atoms with E-state index in [1.165, 1.54) is 0 Å². The number of carbonyl (C=O) groups excluding carboxylic acids is 1. The normalized spacial score (nSPS) is 15.1. The molecule has 1 unspecified atom stereocenters. The van der Waals surface area contributed by atoms with E-state index in [1.807, 2.05) is 25.9 Å². The van der Waals surface area contributed by atoms with E-state index in [1.54, 1.807) is 20.8 Å². The van der Waals surface area contributed by atoms with Crippen LogP contribution in [0.15, 0.2) is 11.1 Å². The van der Waals surface area contributed by atoms with Crippen molar-refractivity contribution in [1.82, 2.24) is 4.90 Å². The molecule has 0 rings (SSSR count). The van der Waals surface area contributed by atoms with E-state index >= 15 is 0 Å². The van der Waals surface area contributed by atoms with Crippen LogP contribution in [0.4, 0.5) is 0 Å². The molecule has 0 aromatic carbocycles. The SMILES string of the molecule is C/C(CN(C)C)=C(/C)C(O)C(=O)OC(C)C. The Morgan fingerprint density at radius 3 is 2.19 bits per heavy atom. The number of hydrogen-bond acceptors (Lipinski definition) is 4. The molecule has 0 aliphatic rings. The molecule has 1 N–H and O–H groups in total. The maximum absolute atomic E-state index is 11.5. The minimum atomic E-state index is -1.15. The third kappa shape index (κ3) is 5.28. The lowest BCUT2D eigenvalue weighted by Crippen LogP contribution is -2.28. The fraction of sp³-hybridized carbons (Fsp3) is 0.750. The van der Waals surface area contributed by atoms with Gasteiger partial charge in [-0.1, -0.05) is 5.57 Å². The van der Waals surface area contributed by atoms with E-state index < -0.39 is 12.1 Å². The second-order valence-corrected chi connectivity index (χ2v) is 4.59. The zero-order chi connectivity index (χ0) is 12.9. The summed E-state index contributed by atoms with van der Waals surface area (Å²) >= 11 is 0. The summed E-state index contributed by atoms with van der Waals surface area (Å²) in [4.78, 5) is 13.5. The molecule has 0 heterocycles. The van der Waals surface area contributed by atoms with Crippen molar-refractivity contribution >= 4 is 5.97 Å². The van der Waals surface area contributed by atoms with Gasteiger partial charge in [0, 0.05) is 6.54 Å². The molecule has 1 atom stereocenters. The summed E-state index contributed by atoms with van der Waals surface area (Å²) in [6.45, 7) is 7.90. The van der Waals surface area contributed by atoms with E-state index in [4.69, 9.17) is 4.74 Å². The number of ether oxygens (including phenoxy) is 1. The van der Waals surface area contributed by atoms with Crippen LogP contribution in [0.2, 0.25) is 0 Å². The molecule has 0 aromatic rings. The average Bonchev–Trinajstić information content (AvgIpc) is 2.13. The van der Waals surface area contributed by atoms with Gasteiger partial charge >= 0.3 is 5.97 Å². The van der Waals surface area contributed by atoms with Gasteiger partial charge in [0.15, 0.2) is 6.10 Å². The van der Waals surface area contributed by atoms with Crippen LogP contribution in [0.25, 0.3) is 0 Å². The predicted molar refractivity (Wildman–Crippen MR) is 64.2 cm³/mol. The number of hydrogen-bond donors (Lipinski definition) is 1. The Bertz CT molecular complexity index is 269. The highest BCUT2D eigenvalue weighted by Crippen LogP contribution is 2.11. The molecule has 0 aliphatic carbocycles. The van der Waals surface area contributed by atoms with Crippen molar-refractivity contribution in [2.45, 2.75) is 39.9 Å². The third-order valence-corrected chi connectivity index (χ3v) is 2.21. The molecule has 0 bridgehead atoms. The first kappa shape index (κ1) is 15.1. The Kier molecular flexibility index (Phi) is 6.29. The highest BCUT2D eigenvalue weighted by atomic mass is 16.6. The van der Waals surface area contributed by atoms with Crippen LogP contribution in [-0.4, -0.2) is 48.8 Å². The summed E-state index contributed by atoms with van der Waals surface area (Å²) in [5.41, 5.74) is 1.65. The smallest absolute Gasteiger partial charge is 0.339 e. The van der Waals surface area contributed by atoms with E-state index in [9.17, 15) is 9.90 Å². The number of esters is 1. The summed E-state index contributed by atoms with van der Waals surface area (Å²) < 4.78 is 4.95. The van der Waals surface area contributed by atoms with Crippen LogP contribution in [0.1, 0.15) is 27.7 Å². The van der Waals surface area contributed by atoms with Crippen molar-refractivity contribution in [3.8, 4) is 0 Å². The Morgan fingerprint density at radius 1 is 1.31 bits per heavy atom. The molecule has 16 heavy (non-hydrogen) atoms. The first-order valence-electron chi connectivity index (χ1n) is 5.45. The standard InChI is InChI=1S/C12H23NO3/c1-8(2)16-12(15)11(14)10(4)9(3)7-13(5)6/h8,11,14H,7H2,1-6H3/b10-9+. The fourth-order valence-electron chi connectivity index (χ4n) is 1.31. The number of rotatable bonds is 5. The van der Waals surface area contributed by atoms with Gasteiger partial charge in [0.25, 0.3) is 0 Å². The molecule has 0 spiro atoms. The third-order valence-electron chi connectivity index (χ3n) is 2.21.